The molecule has 0 unspecified atom stereocenters. The van der Waals surface area contributed by atoms with Gasteiger partial charge in [0, 0.05) is 27.3 Å². The van der Waals surface area contributed by atoms with Gasteiger partial charge in [-0.05, 0) is 37.8 Å². The van der Waals surface area contributed by atoms with Crippen LogP contribution in [0.1, 0.15) is 23.3 Å². The Hall–Kier alpha value is -1.64. The molecule has 1 saturated carbocycles. The maximum Gasteiger partial charge on any atom is 0.331 e. The third-order valence-electron chi connectivity index (χ3n) is 5.40. The summed E-state index contributed by atoms with van der Waals surface area (Å²) in [4.78, 5) is 36.4. The number of halogens is 1. The first kappa shape index (κ1) is 19.7. The molecule has 1 aliphatic carbocycles. The van der Waals surface area contributed by atoms with Crippen molar-refractivity contribution in [1.29, 1.82) is 0 Å². The van der Waals surface area contributed by atoms with Crippen LogP contribution >= 0.6 is 12.4 Å². The van der Waals surface area contributed by atoms with Crippen LogP contribution in [0.15, 0.2) is 15.7 Å². The number of ether oxygens (including phenoxy) is 1. The van der Waals surface area contributed by atoms with E-state index < -0.39 is 17.2 Å². The SMILES string of the molecule is CO[C@H]1C[C@@H]2CNC[C@@H]2C[C@@H]1NC(=O)c1cc(=O)n(C)c(=O)n1C.Cl. The van der Waals surface area contributed by atoms with E-state index in [0.717, 1.165) is 30.5 Å². The Morgan fingerprint density at radius 1 is 1.20 bits per heavy atom. The summed E-state index contributed by atoms with van der Waals surface area (Å²) in [5.41, 5.74) is -0.931. The van der Waals surface area contributed by atoms with Gasteiger partial charge < -0.3 is 15.4 Å². The Morgan fingerprint density at radius 2 is 1.84 bits per heavy atom. The predicted molar refractivity (Wildman–Crippen MR) is 95.3 cm³/mol. The molecule has 0 bridgehead atoms. The summed E-state index contributed by atoms with van der Waals surface area (Å²) in [5.74, 6) is 0.689. The van der Waals surface area contributed by atoms with Gasteiger partial charge in [-0.15, -0.1) is 12.4 Å². The number of aromatic nitrogens is 2. The zero-order valence-corrected chi connectivity index (χ0v) is 15.5. The molecule has 2 aliphatic rings. The number of amides is 1. The molecule has 1 aliphatic heterocycles. The van der Waals surface area contributed by atoms with E-state index in [1.165, 1.54) is 24.7 Å². The van der Waals surface area contributed by atoms with Crippen molar-refractivity contribution in [3.63, 3.8) is 0 Å². The molecule has 140 valence electrons. The molecule has 0 radical (unpaired) electrons. The molecule has 1 saturated heterocycles. The number of hydrogen-bond acceptors (Lipinski definition) is 5. The van der Waals surface area contributed by atoms with Crippen molar-refractivity contribution in [3.8, 4) is 0 Å². The lowest BCUT2D eigenvalue weighted by molar-refractivity contribution is 0.0124. The predicted octanol–water partition coefficient (Wildman–Crippen LogP) is -0.751. The molecule has 2 N–H and O–H groups in total. The molecule has 3 rings (SSSR count). The number of nitrogens with zero attached hydrogens (tertiary/aromatic N) is 2. The molecule has 1 aromatic rings. The highest BCUT2D eigenvalue weighted by Gasteiger charge is 2.40. The second-order valence-electron chi connectivity index (χ2n) is 6.77. The zero-order valence-electron chi connectivity index (χ0n) is 14.7. The van der Waals surface area contributed by atoms with Crippen molar-refractivity contribution >= 4 is 18.3 Å². The summed E-state index contributed by atoms with van der Waals surface area (Å²) in [5, 5.41) is 6.35. The van der Waals surface area contributed by atoms with Gasteiger partial charge in [0.05, 0.1) is 12.1 Å². The second-order valence-corrected chi connectivity index (χ2v) is 6.77. The zero-order chi connectivity index (χ0) is 17.4. The van der Waals surface area contributed by atoms with Crippen LogP contribution in [0.25, 0.3) is 0 Å². The minimum Gasteiger partial charge on any atom is -0.379 e. The molecular formula is C16H25ClN4O4. The normalized spacial score (nSPS) is 28.1. The number of carbonyl (C=O) groups is 1. The highest BCUT2D eigenvalue weighted by molar-refractivity contribution is 5.92. The molecule has 0 spiro atoms. The fourth-order valence-corrected chi connectivity index (χ4v) is 3.89. The van der Waals surface area contributed by atoms with Crippen LogP contribution in [-0.4, -0.2) is 47.4 Å². The van der Waals surface area contributed by atoms with Crippen LogP contribution in [0.2, 0.25) is 0 Å². The molecule has 0 aromatic carbocycles. The Kier molecular flexibility index (Phi) is 6.08. The number of fused-ring (bicyclic) bond motifs is 1. The number of nitrogens with one attached hydrogen (secondary N) is 2. The molecule has 8 nitrogen and oxygen atoms in total. The van der Waals surface area contributed by atoms with Crippen LogP contribution in [0.3, 0.4) is 0 Å². The largest absolute Gasteiger partial charge is 0.379 e. The van der Waals surface area contributed by atoms with E-state index in [9.17, 15) is 14.4 Å². The van der Waals surface area contributed by atoms with E-state index in [2.05, 4.69) is 10.6 Å². The third kappa shape index (κ3) is 3.65. The lowest BCUT2D eigenvalue weighted by atomic mass is 9.77. The van der Waals surface area contributed by atoms with Gasteiger partial charge >= 0.3 is 5.69 Å². The van der Waals surface area contributed by atoms with E-state index in [1.807, 2.05) is 0 Å². The van der Waals surface area contributed by atoms with Gasteiger partial charge in [-0.25, -0.2) is 4.79 Å². The van der Waals surface area contributed by atoms with Crippen molar-refractivity contribution in [3.05, 3.63) is 32.6 Å². The molecule has 9 heteroatoms. The van der Waals surface area contributed by atoms with E-state index >= 15 is 0 Å². The first-order chi connectivity index (χ1) is 11.4. The first-order valence-corrected chi connectivity index (χ1v) is 8.23. The van der Waals surface area contributed by atoms with Crippen molar-refractivity contribution in [2.75, 3.05) is 20.2 Å². The van der Waals surface area contributed by atoms with Gasteiger partial charge in [0.2, 0.25) is 0 Å². The van der Waals surface area contributed by atoms with Crippen molar-refractivity contribution in [2.24, 2.45) is 25.9 Å². The highest BCUT2D eigenvalue weighted by atomic mass is 35.5. The van der Waals surface area contributed by atoms with Gasteiger partial charge in [-0.1, -0.05) is 0 Å². The van der Waals surface area contributed by atoms with Crippen molar-refractivity contribution in [2.45, 2.75) is 25.0 Å². The Bertz CT molecular complexity index is 759. The number of rotatable bonds is 3. The highest BCUT2D eigenvalue weighted by Crippen LogP contribution is 2.34. The van der Waals surface area contributed by atoms with Crippen LogP contribution in [0, 0.1) is 11.8 Å². The quantitative estimate of drug-likeness (QED) is 0.728. The lowest BCUT2D eigenvalue weighted by Gasteiger charge is -2.37. The van der Waals surface area contributed by atoms with Gasteiger partial charge in [-0.3, -0.25) is 18.7 Å². The van der Waals surface area contributed by atoms with Gasteiger partial charge in [-0.2, -0.15) is 0 Å². The van der Waals surface area contributed by atoms with Gasteiger partial charge in [0.1, 0.15) is 5.69 Å². The Morgan fingerprint density at radius 3 is 2.48 bits per heavy atom. The molecule has 4 atom stereocenters. The summed E-state index contributed by atoms with van der Waals surface area (Å²) in [7, 11) is 4.53. The minimum atomic E-state index is -0.514. The fourth-order valence-electron chi connectivity index (χ4n) is 3.89. The van der Waals surface area contributed by atoms with Crippen molar-refractivity contribution in [1.82, 2.24) is 19.8 Å². The van der Waals surface area contributed by atoms with Gasteiger partial charge in [0.15, 0.2) is 0 Å². The van der Waals surface area contributed by atoms with Crippen LogP contribution in [0.4, 0.5) is 0 Å². The van der Waals surface area contributed by atoms with Crippen molar-refractivity contribution < 1.29 is 9.53 Å². The maximum atomic E-state index is 12.6. The molecule has 2 heterocycles. The molecular weight excluding hydrogens is 348 g/mol. The number of carbonyl (C=O) groups excluding carboxylic acids is 1. The third-order valence-corrected chi connectivity index (χ3v) is 5.40. The van der Waals surface area contributed by atoms with E-state index in [0.29, 0.717) is 11.8 Å². The van der Waals surface area contributed by atoms with E-state index in [-0.39, 0.29) is 30.2 Å². The van der Waals surface area contributed by atoms with Gasteiger partial charge in [0.25, 0.3) is 11.5 Å². The Labute approximate surface area is 152 Å². The lowest BCUT2D eigenvalue weighted by Crippen LogP contribution is -2.51. The molecule has 1 amide bonds. The smallest absolute Gasteiger partial charge is 0.331 e. The first-order valence-electron chi connectivity index (χ1n) is 8.23. The minimum absolute atomic E-state index is 0. The maximum absolute atomic E-state index is 12.6. The summed E-state index contributed by atoms with van der Waals surface area (Å²) >= 11 is 0. The summed E-state index contributed by atoms with van der Waals surface area (Å²) in [6.07, 6.45) is 1.67. The topological polar surface area (TPSA) is 94.4 Å². The van der Waals surface area contributed by atoms with Crippen LogP contribution in [-0.2, 0) is 18.8 Å². The summed E-state index contributed by atoms with van der Waals surface area (Å²) in [6.45, 7) is 1.95. The average Bonchev–Trinajstić information content (AvgIpc) is 3.02. The summed E-state index contributed by atoms with van der Waals surface area (Å²) < 4.78 is 7.74. The average molecular weight is 373 g/mol. The Balaban J connectivity index is 0.00000225. The standard InChI is InChI=1S/C16H24N4O4.ClH/c1-19-12(6-14(21)20(2)16(19)23)15(22)18-11-4-9-7-17-8-10(9)5-13(11)24-3;/h6,9-11,13,17H,4-5,7-8H2,1-3H3,(H,18,22);1H/t9-,10+,11-,13-;/m0./s1. The number of methoxy groups -OCH3 is 1. The van der Waals surface area contributed by atoms with E-state index in [1.54, 1.807) is 7.11 Å². The second kappa shape index (κ2) is 7.72. The van der Waals surface area contributed by atoms with E-state index in [4.69, 9.17) is 4.74 Å². The molecule has 25 heavy (non-hydrogen) atoms. The molecule has 1 aromatic heterocycles. The number of hydrogen-bond donors (Lipinski definition) is 2. The summed E-state index contributed by atoms with van der Waals surface area (Å²) in [6, 6.07) is 1.07. The molecule has 2 fully saturated rings. The van der Waals surface area contributed by atoms with Crippen LogP contribution < -0.4 is 21.9 Å². The van der Waals surface area contributed by atoms with Crippen LogP contribution in [0.5, 0.6) is 0 Å². The monoisotopic (exact) mass is 372 g/mol. The fraction of sp³-hybridized carbons (Fsp3) is 0.688.